The van der Waals surface area contributed by atoms with Crippen molar-refractivity contribution in [2.24, 2.45) is 4.99 Å². The normalized spacial score (nSPS) is 19.2. The van der Waals surface area contributed by atoms with E-state index in [0.717, 1.165) is 44.1 Å². The van der Waals surface area contributed by atoms with E-state index in [0.29, 0.717) is 24.5 Å². The van der Waals surface area contributed by atoms with Crippen LogP contribution in [0.15, 0.2) is 58.4 Å². The number of amides is 1. The predicted molar refractivity (Wildman–Crippen MR) is 118 cm³/mol. The first-order valence-corrected chi connectivity index (χ1v) is 12.1. The van der Waals surface area contributed by atoms with Gasteiger partial charge in [0, 0.05) is 18.7 Å². The lowest BCUT2D eigenvalue weighted by Gasteiger charge is -2.24. The minimum Gasteiger partial charge on any atom is -0.326 e. The van der Waals surface area contributed by atoms with Crippen LogP contribution in [0.4, 0.5) is 5.69 Å². The first-order valence-electron chi connectivity index (χ1n) is 10.6. The van der Waals surface area contributed by atoms with Crippen LogP contribution in [0, 0.1) is 0 Å². The number of hydrogen-bond acceptors (Lipinski definition) is 4. The smallest absolute Gasteiger partial charge is 0.262 e. The second-order valence-corrected chi connectivity index (χ2v) is 9.58. The van der Waals surface area contributed by atoms with Gasteiger partial charge in [-0.2, -0.15) is 0 Å². The fraction of sp³-hybridized carbons (Fsp3) is 0.391. The Morgan fingerprint density at radius 1 is 0.933 bits per heavy atom. The molecule has 2 aliphatic rings. The van der Waals surface area contributed by atoms with Crippen molar-refractivity contribution in [3.05, 3.63) is 59.7 Å². The molecule has 0 saturated carbocycles. The third kappa shape index (κ3) is 4.73. The van der Waals surface area contributed by atoms with E-state index in [2.05, 4.69) is 21.1 Å². The van der Waals surface area contributed by atoms with Crippen molar-refractivity contribution in [1.29, 1.82) is 0 Å². The van der Waals surface area contributed by atoms with Crippen molar-refractivity contribution in [1.82, 2.24) is 4.72 Å². The van der Waals surface area contributed by atoms with Crippen LogP contribution in [-0.2, 0) is 21.2 Å². The molecule has 0 spiro atoms. The molecule has 7 heteroatoms. The van der Waals surface area contributed by atoms with Crippen LogP contribution < -0.4 is 10.0 Å². The van der Waals surface area contributed by atoms with E-state index < -0.39 is 10.0 Å². The first-order chi connectivity index (χ1) is 14.5. The largest absolute Gasteiger partial charge is 0.326 e. The fourth-order valence-corrected chi connectivity index (χ4v) is 5.23. The SMILES string of the molecule is O=C(Nc1ccc(S(=O)(=O)NC2=NCCCCC2)cc1)C1CCCc2ccccc21. The van der Waals surface area contributed by atoms with Gasteiger partial charge in [-0.15, -0.1) is 0 Å². The molecule has 1 atom stereocenters. The van der Waals surface area contributed by atoms with Gasteiger partial charge < -0.3 is 5.32 Å². The summed E-state index contributed by atoms with van der Waals surface area (Å²) in [7, 11) is -3.68. The number of anilines is 1. The number of fused-ring (bicyclic) bond motifs is 1. The molecule has 1 aliphatic carbocycles. The topological polar surface area (TPSA) is 87.6 Å². The van der Waals surface area contributed by atoms with Crippen LogP contribution >= 0.6 is 0 Å². The Balaban J connectivity index is 1.44. The molecule has 1 heterocycles. The highest BCUT2D eigenvalue weighted by Gasteiger charge is 2.26. The number of rotatable bonds is 4. The quantitative estimate of drug-likeness (QED) is 0.776. The van der Waals surface area contributed by atoms with Gasteiger partial charge in [0.25, 0.3) is 10.0 Å². The van der Waals surface area contributed by atoms with Crippen molar-refractivity contribution in [3.8, 4) is 0 Å². The summed E-state index contributed by atoms with van der Waals surface area (Å²) in [5.41, 5.74) is 2.92. The molecule has 2 N–H and O–H groups in total. The predicted octanol–water partition coefficient (Wildman–Crippen LogP) is 4.00. The van der Waals surface area contributed by atoms with Gasteiger partial charge in [-0.05, 0) is 67.5 Å². The summed E-state index contributed by atoms with van der Waals surface area (Å²) in [4.78, 5) is 17.3. The van der Waals surface area contributed by atoms with E-state index in [1.807, 2.05) is 18.2 Å². The molecule has 0 fully saturated rings. The standard InChI is InChI=1S/C23H27N3O3S/c27-23(21-10-6-8-17-7-3-4-9-20(17)21)25-18-12-14-19(15-13-18)30(28,29)26-22-11-2-1-5-16-24-22/h3-4,7,9,12-15,21H,1-2,5-6,8,10-11,16H2,(H,24,26)(H,25,27). The second kappa shape index (κ2) is 9.00. The van der Waals surface area contributed by atoms with Crippen LogP contribution in [0.3, 0.4) is 0 Å². The third-order valence-corrected chi connectivity index (χ3v) is 7.14. The van der Waals surface area contributed by atoms with E-state index >= 15 is 0 Å². The van der Waals surface area contributed by atoms with Gasteiger partial charge in [-0.25, -0.2) is 8.42 Å². The Hall–Kier alpha value is -2.67. The second-order valence-electron chi connectivity index (χ2n) is 7.90. The van der Waals surface area contributed by atoms with Gasteiger partial charge >= 0.3 is 0 Å². The van der Waals surface area contributed by atoms with Crippen molar-refractivity contribution in [2.45, 2.75) is 55.8 Å². The van der Waals surface area contributed by atoms with E-state index in [4.69, 9.17) is 0 Å². The number of aliphatic imine (C=N–C) groups is 1. The van der Waals surface area contributed by atoms with E-state index in [9.17, 15) is 13.2 Å². The summed E-state index contributed by atoms with van der Waals surface area (Å²) in [6.07, 6.45) is 6.46. The first kappa shape index (κ1) is 20.6. The number of amidine groups is 1. The van der Waals surface area contributed by atoms with Crippen molar-refractivity contribution >= 4 is 27.5 Å². The molecule has 30 heavy (non-hydrogen) atoms. The Bertz CT molecular complexity index is 1050. The highest BCUT2D eigenvalue weighted by atomic mass is 32.2. The van der Waals surface area contributed by atoms with Gasteiger partial charge in [0.05, 0.1) is 10.8 Å². The molecule has 6 nitrogen and oxygen atoms in total. The number of nitrogens with one attached hydrogen (secondary N) is 2. The highest BCUT2D eigenvalue weighted by Crippen LogP contribution is 2.32. The molecule has 4 rings (SSSR count). The number of benzene rings is 2. The summed E-state index contributed by atoms with van der Waals surface area (Å²) in [6.45, 7) is 0.660. The number of carbonyl (C=O) groups is 1. The number of hydrogen-bond donors (Lipinski definition) is 2. The number of aryl methyl sites for hydroxylation is 1. The molecular weight excluding hydrogens is 398 g/mol. The van der Waals surface area contributed by atoms with Crippen LogP contribution in [-0.4, -0.2) is 26.7 Å². The zero-order valence-electron chi connectivity index (χ0n) is 16.9. The van der Waals surface area contributed by atoms with Crippen LogP contribution in [0.2, 0.25) is 0 Å². The maximum atomic E-state index is 12.8. The summed E-state index contributed by atoms with van der Waals surface area (Å²) in [6, 6.07) is 14.4. The molecular formula is C23H27N3O3S. The van der Waals surface area contributed by atoms with Crippen LogP contribution in [0.25, 0.3) is 0 Å². The summed E-state index contributed by atoms with van der Waals surface area (Å²) >= 11 is 0. The average Bonchev–Trinajstić information content (AvgIpc) is 3.02. The molecule has 2 aromatic carbocycles. The Kier molecular flexibility index (Phi) is 6.18. The number of sulfonamides is 1. The highest BCUT2D eigenvalue weighted by molar-refractivity contribution is 7.90. The van der Waals surface area contributed by atoms with Crippen molar-refractivity contribution in [2.75, 3.05) is 11.9 Å². The van der Waals surface area contributed by atoms with Gasteiger partial charge in [0.1, 0.15) is 5.84 Å². The summed E-state index contributed by atoms with van der Waals surface area (Å²) in [5.74, 6) is 0.304. The van der Waals surface area contributed by atoms with Gasteiger partial charge in [0.15, 0.2) is 0 Å². The van der Waals surface area contributed by atoms with Gasteiger partial charge in [-0.3, -0.25) is 14.5 Å². The molecule has 1 unspecified atom stereocenters. The van der Waals surface area contributed by atoms with Crippen molar-refractivity contribution < 1.29 is 13.2 Å². The zero-order valence-corrected chi connectivity index (χ0v) is 17.7. The lowest BCUT2D eigenvalue weighted by molar-refractivity contribution is -0.117. The van der Waals surface area contributed by atoms with Gasteiger partial charge in [0.2, 0.25) is 5.91 Å². The minimum absolute atomic E-state index is 0.0521. The number of nitrogens with zero attached hydrogens (tertiary/aromatic N) is 1. The Morgan fingerprint density at radius 3 is 2.57 bits per heavy atom. The Morgan fingerprint density at radius 2 is 1.73 bits per heavy atom. The van der Waals surface area contributed by atoms with Gasteiger partial charge in [-0.1, -0.05) is 30.7 Å². The molecule has 2 aromatic rings. The average molecular weight is 426 g/mol. The van der Waals surface area contributed by atoms with Crippen LogP contribution in [0.1, 0.15) is 55.6 Å². The lowest BCUT2D eigenvalue weighted by atomic mass is 9.82. The molecule has 158 valence electrons. The lowest BCUT2D eigenvalue weighted by Crippen LogP contribution is -2.30. The number of carbonyl (C=O) groups excluding carboxylic acids is 1. The Labute approximate surface area is 177 Å². The minimum atomic E-state index is -3.68. The molecule has 0 saturated heterocycles. The van der Waals surface area contributed by atoms with E-state index in [1.54, 1.807) is 12.1 Å². The maximum absolute atomic E-state index is 12.8. The van der Waals surface area contributed by atoms with E-state index in [1.165, 1.54) is 17.7 Å². The molecule has 1 aliphatic heterocycles. The molecule has 0 aromatic heterocycles. The monoisotopic (exact) mass is 425 g/mol. The summed E-state index contributed by atoms with van der Waals surface area (Å²) < 4.78 is 27.9. The van der Waals surface area contributed by atoms with Crippen LogP contribution in [0.5, 0.6) is 0 Å². The van der Waals surface area contributed by atoms with Crippen molar-refractivity contribution in [3.63, 3.8) is 0 Å². The molecule has 0 bridgehead atoms. The fourth-order valence-electron chi connectivity index (χ4n) is 4.14. The maximum Gasteiger partial charge on any atom is 0.262 e. The summed E-state index contributed by atoms with van der Waals surface area (Å²) in [5, 5.41) is 2.94. The zero-order chi connectivity index (χ0) is 21.0. The molecule has 1 amide bonds. The third-order valence-electron chi connectivity index (χ3n) is 5.74. The van der Waals surface area contributed by atoms with E-state index in [-0.39, 0.29) is 16.7 Å². The molecule has 0 radical (unpaired) electrons.